The predicted molar refractivity (Wildman–Crippen MR) is 218 cm³/mol. The summed E-state index contributed by atoms with van der Waals surface area (Å²) in [6, 6.07) is 26.2. The highest BCUT2D eigenvalue weighted by Crippen LogP contribution is 2.49. The molecule has 0 N–H and O–H groups in total. The molecule has 0 amide bonds. The van der Waals surface area contributed by atoms with Gasteiger partial charge in [0.1, 0.15) is 0 Å². The van der Waals surface area contributed by atoms with Crippen molar-refractivity contribution in [3.05, 3.63) is 148 Å². The molecule has 2 aliphatic heterocycles. The van der Waals surface area contributed by atoms with Crippen LogP contribution >= 0.6 is 34.9 Å². The van der Waals surface area contributed by atoms with Crippen molar-refractivity contribution in [2.24, 2.45) is 0 Å². The molecule has 0 bridgehead atoms. The zero-order valence-electron chi connectivity index (χ0n) is 29.9. The minimum Gasteiger partial charge on any atom is -0.347 e. The molecule has 0 saturated heterocycles. The number of hydrogen-bond donors (Lipinski definition) is 0. The Morgan fingerprint density at radius 1 is 0.740 bits per heavy atom. The number of nitrogens with zero attached hydrogens (tertiary/aromatic N) is 4. The number of fused-ring (bicyclic) bond motifs is 2. The summed E-state index contributed by atoms with van der Waals surface area (Å²) in [5.74, 6) is 0.870. The first-order chi connectivity index (χ1) is 24.1. The Bertz CT molecular complexity index is 1930. The third-order valence-corrected chi connectivity index (χ3v) is 14.2. The third-order valence-electron chi connectivity index (χ3n) is 10.6. The second-order valence-electron chi connectivity index (χ2n) is 14.4. The van der Waals surface area contributed by atoms with Gasteiger partial charge in [-0.2, -0.15) is 0 Å². The normalized spacial score (nSPS) is 22.5. The first-order valence-corrected chi connectivity index (χ1v) is 20.1. The lowest BCUT2D eigenvalue weighted by atomic mass is 9.82. The summed E-state index contributed by atoms with van der Waals surface area (Å²) in [4.78, 5) is 4.74. The van der Waals surface area contributed by atoms with Crippen LogP contribution in [0.15, 0.2) is 135 Å². The summed E-state index contributed by atoms with van der Waals surface area (Å²) in [5, 5.41) is 9.53. The number of rotatable bonds is 8. The lowest BCUT2D eigenvalue weighted by molar-refractivity contribution is 0.639. The molecular weight excluding hydrogens is 669 g/mol. The Balaban J connectivity index is 1.20. The summed E-state index contributed by atoms with van der Waals surface area (Å²) in [6.45, 7) is 13.2. The van der Waals surface area contributed by atoms with E-state index in [4.69, 9.17) is 5.10 Å². The van der Waals surface area contributed by atoms with E-state index >= 15 is 0 Å². The van der Waals surface area contributed by atoms with Gasteiger partial charge in [0, 0.05) is 53.4 Å². The van der Waals surface area contributed by atoms with E-state index in [9.17, 15) is 0 Å². The molecule has 1 aromatic heterocycles. The fourth-order valence-electron chi connectivity index (χ4n) is 7.76. The van der Waals surface area contributed by atoms with Crippen molar-refractivity contribution in [2.45, 2.75) is 77.5 Å². The Morgan fingerprint density at radius 2 is 1.26 bits per heavy atom. The van der Waals surface area contributed by atoms with Gasteiger partial charge in [-0.3, -0.25) is 0 Å². The van der Waals surface area contributed by atoms with Gasteiger partial charge >= 0.3 is 0 Å². The molecule has 4 aromatic rings. The topological polar surface area (TPSA) is 32.3 Å². The Kier molecular flexibility index (Phi) is 9.77. The molecular formula is C43H46N4S3. The van der Waals surface area contributed by atoms with Crippen molar-refractivity contribution >= 4 is 52.3 Å². The van der Waals surface area contributed by atoms with Gasteiger partial charge in [0.2, 0.25) is 0 Å². The van der Waals surface area contributed by atoms with Crippen LogP contribution in [-0.4, -0.2) is 29.5 Å². The quantitative estimate of drug-likeness (QED) is 0.169. The monoisotopic (exact) mass is 714 g/mol. The fraction of sp³-hybridized carbons (Fsp3) is 0.302. The van der Waals surface area contributed by atoms with Crippen LogP contribution in [0.5, 0.6) is 0 Å². The molecule has 0 spiro atoms. The number of thioether (sulfide) groups is 2. The second-order valence-corrected chi connectivity index (χ2v) is 18.0. The molecule has 7 heteroatoms. The SMILES string of the molecule is C=Cc1ccc(CSc2nnc(SC3/C(=C/C=C4N(C)c5ccccc5C4(C)C)CCC/C3=C\C=C3/N(C)c4ccccc4C3(C)C)s2)cc1. The van der Waals surface area contributed by atoms with Gasteiger partial charge in [-0.15, -0.1) is 10.2 Å². The standard InChI is InChI=1S/C43H46N4S3/c1-8-29-20-22-30(23-21-29)28-48-40-44-45-41(50-40)49-39-31(24-26-37-42(2,3)33-16-9-11-18-35(33)46(37)6)14-13-15-32(39)25-27-38-43(4,5)34-17-10-12-19-36(34)47(38)7/h8-12,16-27,39H,1,13-15,28H2,2-7H3/b31-24+,32-25+,37-26-,38-27?. The largest absolute Gasteiger partial charge is 0.347 e. The highest BCUT2D eigenvalue weighted by Gasteiger charge is 2.39. The molecule has 3 aromatic carbocycles. The van der Waals surface area contributed by atoms with Gasteiger partial charge in [-0.1, -0.05) is 159 Å². The molecule has 3 aliphatic rings. The molecule has 0 radical (unpaired) electrons. The average molecular weight is 715 g/mol. The van der Waals surface area contributed by atoms with E-state index in [-0.39, 0.29) is 16.1 Å². The second kappa shape index (κ2) is 14.1. The van der Waals surface area contributed by atoms with Crippen LogP contribution in [0.2, 0.25) is 0 Å². The van der Waals surface area contributed by atoms with Crippen LogP contribution in [0.1, 0.15) is 69.2 Å². The molecule has 7 rings (SSSR count). The highest BCUT2D eigenvalue weighted by molar-refractivity contribution is 8.03. The van der Waals surface area contributed by atoms with Gasteiger partial charge in [-0.05, 0) is 65.8 Å². The maximum Gasteiger partial charge on any atom is 0.176 e. The van der Waals surface area contributed by atoms with Gasteiger partial charge in [-0.25, -0.2) is 0 Å². The van der Waals surface area contributed by atoms with Gasteiger partial charge in [0.25, 0.3) is 0 Å². The molecule has 256 valence electrons. The number of likely N-dealkylation sites (N-methyl/N-ethyl adjacent to an activating group) is 2. The zero-order valence-corrected chi connectivity index (χ0v) is 32.4. The van der Waals surface area contributed by atoms with Gasteiger partial charge < -0.3 is 9.80 Å². The minimum absolute atomic E-state index is 0.0617. The van der Waals surface area contributed by atoms with E-state index in [1.54, 1.807) is 23.1 Å². The van der Waals surface area contributed by atoms with E-state index in [2.05, 4.69) is 160 Å². The number of anilines is 2. The molecule has 1 unspecified atom stereocenters. The summed E-state index contributed by atoms with van der Waals surface area (Å²) >= 11 is 5.34. The van der Waals surface area contributed by atoms with Crippen molar-refractivity contribution < 1.29 is 0 Å². The number of hydrogen-bond acceptors (Lipinski definition) is 7. The van der Waals surface area contributed by atoms with Crippen LogP contribution in [0.4, 0.5) is 11.4 Å². The maximum absolute atomic E-state index is 4.71. The average Bonchev–Trinajstić information content (AvgIpc) is 3.71. The number of para-hydroxylation sites is 2. The third kappa shape index (κ3) is 6.56. The summed E-state index contributed by atoms with van der Waals surface area (Å²) in [6.07, 6.45) is 14.8. The van der Waals surface area contributed by atoms with Crippen molar-refractivity contribution in [2.75, 3.05) is 23.9 Å². The van der Waals surface area contributed by atoms with Crippen molar-refractivity contribution in [3.8, 4) is 0 Å². The lowest BCUT2D eigenvalue weighted by Gasteiger charge is -2.29. The van der Waals surface area contributed by atoms with Crippen LogP contribution in [0.25, 0.3) is 6.08 Å². The van der Waals surface area contributed by atoms with E-state index < -0.39 is 0 Å². The molecule has 3 heterocycles. The number of allylic oxidation sites excluding steroid dienone is 6. The van der Waals surface area contributed by atoms with Crippen molar-refractivity contribution in [1.82, 2.24) is 10.2 Å². The number of aromatic nitrogens is 2. The Morgan fingerprint density at radius 3 is 1.78 bits per heavy atom. The first kappa shape index (κ1) is 34.7. The van der Waals surface area contributed by atoms with E-state index in [1.807, 2.05) is 17.8 Å². The van der Waals surface area contributed by atoms with Gasteiger partial charge in [0.15, 0.2) is 8.68 Å². The van der Waals surface area contributed by atoms with Gasteiger partial charge in [0.05, 0.1) is 5.25 Å². The van der Waals surface area contributed by atoms with Crippen LogP contribution in [-0.2, 0) is 16.6 Å². The summed E-state index contributed by atoms with van der Waals surface area (Å²) < 4.78 is 2.03. The maximum atomic E-state index is 4.71. The van der Waals surface area contributed by atoms with E-state index in [1.165, 1.54) is 50.6 Å². The van der Waals surface area contributed by atoms with E-state index in [0.717, 1.165) is 39.3 Å². The van der Waals surface area contributed by atoms with Crippen LogP contribution in [0.3, 0.4) is 0 Å². The Labute approximate surface area is 310 Å². The highest BCUT2D eigenvalue weighted by atomic mass is 32.2. The molecule has 50 heavy (non-hydrogen) atoms. The lowest BCUT2D eigenvalue weighted by Crippen LogP contribution is -2.23. The van der Waals surface area contributed by atoms with Crippen LogP contribution < -0.4 is 9.80 Å². The zero-order chi connectivity index (χ0) is 35.0. The molecule has 1 atom stereocenters. The number of benzene rings is 3. The molecule has 4 nitrogen and oxygen atoms in total. The first-order valence-electron chi connectivity index (χ1n) is 17.4. The van der Waals surface area contributed by atoms with Crippen molar-refractivity contribution in [1.29, 1.82) is 0 Å². The Hall–Kier alpha value is -3.78. The molecule has 1 aliphatic carbocycles. The summed E-state index contributed by atoms with van der Waals surface area (Å²) in [7, 11) is 4.41. The fourth-order valence-corrected chi connectivity index (χ4v) is 11.2. The summed E-state index contributed by atoms with van der Waals surface area (Å²) in [5.41, 5.74) is 13.2. The predicted octanol–water partition coefficient (Wildman–Crippen LogP) is 11.6. The molecule has 1 fully saturated rings. The van der Waals surface area contributed by atoms with E-state index in [0.29, 0.717) is 0 Å². The van der Waals surface area contributed by atoms with Crippen molar-refractivity contribution in [3.63, 3.8) is 0 Å². The van der Waals surface area contributed by atoms with Crippen LogP contribution in [0, 0.1) is 0 Å². The molecule has 1 saturated carbocycles. The minimum atomic E-state index is -0.0617. The smallest absolute Gasteiger partial charge is 0.176 e.